The Morgan fingerprint density at radius 1 is 1.08 bits per heavy atom. The third-order valence-corrected chi connectivity index (χ3v) is 5.27. The molecule has 0 atom stereocenters. The highest BCUT2D eigenvalue weighted by atomic mass is 28.2. The second kappa shape index (κ2) is 8.38. The number of carbonyl (C=O) groups is 1. The number of carbonyl (C=O) groups excluding carboxylic acids is 1. The summed E-state index contributed by atoms with van der Waals surface area (Å²) < 4.78 is 34.6. The first-order valence-corrected chi connectivity index (χ1v) is 9.52. The molecule has 2 aromatic carbocycles. The number of halogens is 2. The molecule has 132 valence electrons. The molecule has 0 saturated carbocycles. The van der Waals surface area contributed by atoms with Crippen LogP contribution in [-0.2, 0) is 9.53 Å². The zero-order valence-electron chi connectivity index (χ0n) is 15.0. The molecule has 2 radical (unpaired) electrons. The summed E-state index contributed by atoms with van der Waals surface area (Å²) in [5, 5.41) is -0.0221. The van der Waals surface area contributed by atoms with Gasteiger partial charge in [0, 0.05) is 16.8 Å². The molecule has 2 aromatic rings. The largest absolute Gasteiger partial charge is 0.466 e. The second-order valence-electron chi connectivity index (χ2n) is 6.08. The van der Waals surface area contributed by atoms with Gasteiger partial charge in [-0.3, -0.25) is 4.79 Å². The maximum Gasteiger partial charge on any atom is 0.302 e. The summed E-state index contributed by atoms with van der Waals surface area (Å²) in [5.41, 5.74) is 3.41. The van der Waals surface area contributed by atoms with E-state index in [-0.39, 0.29) is 20.8 Å². The Hall–Kier alpha value is -2.01. The predicted octanol–water partition coefficient (Wildman–Crippen LogP) is 4.26. The van der Waals surface area contributed by atoms with Crippen LogP contribution in [0.3, 0.4) is 0 Å². The quantitative estimate of drug-likeness (QED) is 0.568. The van der Waals surface area contributed by atoms with Crippen molar-refractivity contribution in [2.75, 3.05) is 6.61 Å². The van der Waals surface area contributed by atoms with Gasteiger partial charge in [-0.1, -0.05) is 25.1 Å². The third kappa shape index (κ3) is 4.34. The summed E-state index contributed by atoms with van der Waals surface area (Å²) >= 11 is 0. The monoisotopic (exact) mass is 360 g/mol. The first kappa shape index (κ1) is 19.3. The molecule has 0 unspecified atom stereocenters. The molecule has 2 nitrogen and oxygen atoms in total. The average molecular weight is 360 g/mol. The fourth-order valence-corrected chi connectivity index (χ4v) is 3.84. The average Bonchev–Trinajstić information content (AvgIpc) is 2.57. The Bertz CT molecular complexity index is 768. The van der Waals surface area contributed by atoms with E-state index in [1.54, 1.807) is 13.0 Å². The second-order valence-corrected chi connectivity index (χ2v) is 7.29. The zero-order valence-corrected chi connectivity index (χ0v) is 16.0. The van der Waals surface area contributed by atoms with E-state index in [4.69, 9.17) is 4.74 Å². The summed E-state index contributed by atoms with van der Waals surface area (Å²) in [6, 6.07) is 7.26. The lowest BCUT2D eigenvalue weighted by molar-refractivity contribution is -0.140. The van der Waals surface area contributed by atoms with Crippen LogP contribution in [0.25, 0.3) is 11.1 Å². The molecular formula is C20H22F2O2Si. The summed E-state index contributed by atoms with van der Waals surface area (Å²) in [6.45, 7) is 7.66. The smallest absolute Gasteiger partial charge is 0.302 e. The number of benzene rings is 2. The number of esters is 1. The molecule has 0 aliphatic heterocycles. The topological polar surface area (TPSA) is 26.3 Å². The van der Waals surface area contributed by atoms with E-state index in [2.05, 4.69) is 0 Å². The Kier molecular flexibility index (Phi) is 6.48. The highest BCUT2D eigenvalue weighted by molar-refractivity contribution is 6.57. The van der Waals surface area contributed by atoms with Crippen LogP contribution in [-0.4, -0.2) is 22.1 Å². The molecule has 5 heteroatoms. The van der Waals surface area contributed by atoms with Gasteiger partial charge in [0.2, 0.25) is 0 Å². The van der Waals surface area contributed by atoms with Crippen molar-refractivity contribution < 1.29 is 18.3 Å². The van der Waals surface area contributed by atoms with Crippen LogP contribution in [0.5, 0.6) is 0 Å². The summed E-state index contributed by atoms with van der Waals surface area (Å²) in [6.07, 6.45) is 0.721. The van der Waals surface area contributed by atoms with Crippen LogP contribution in [0.15, 0.2) is 24.3 Å². The van der Waals surface area contributed by atoms with E-state index in [1.165, 1.54) is 0 Å². The van der Waals surface area contributed by atoms with Crippen LogP contribution >= 0.6 is 0 Å². The molecule has 0 bridgehead atoms. The van der Waals surface area contributed by atoms with Gasteiger partial charge in [0.15, 0.2) is 0 Å². The third-order valence-electron chi connectivity index (χ3n) is 4.01. The molecular weight excluding hydrogens is 338 g/mol. The molecule has 0 N–H and O–H groups in total. The fraction of sp³-hybridized carbons (Fsp3) is 0.350. The van der Waals surface area contributed by atoms with Gasteiger partial charge in [0.05, 0.1) is 6.61 Å². The number of aryl methyl sites for hydroxylation is 3. The van der Waals surface area contributed by atoms with Crippen molar-refractivity contribution in [2.45, 2.75) is 40.2 Å². The van der Waals surface area contributed by atoms with Crippen molar-refractivity contribution in [3.63, 3.8) is 0 Å². The number of ether oxygens (including phenoxy) is 1. The highest BCUT2D eigenvalue weighted by Gasteiger charge is 2.21. The number of hydrogen-bond donors (Lipinski definition) is 0. The first-order valence-electron chi connectivity index (χ1n) is 8.31. The number of rotatable bonds is 6. The van der Waals surface area contributed by atoms with E-state index in [9.17, 15) is 9.18 Å². The molecule has 0 spiro atoms. The van der Waals surface area contributed by atoms with E-state index < -0.39 is 17.6 Å². The van der Waals surface area contributed by atoms with Crippen molar-refractivity contribution >= 4 is 20.7 Å². The van der Waals surface area contributed by atoms with Crippen LogP contribution in [0, 0.1) is 32.4 Å². The Balaban J connectivity index is 2.42. The molecule has 0 fully saturated rings. The number of hydrogen-bond acceptors (Lipinski definition) is 2. The van der Waals surface area contributed by atoms with Crippen molar-refractivity contribution in [3.05, 3.63) is 52.6 Å². The predicted molar refractivity (Wildman–Crippen MR) is 97.5 cm³/mol. The Labute approximate surface area is 150 Å². The molecule has 0 saturated heterocycles. The van der Waals surface area contributed by atoms with Gasteiger partial charge >= 0.3 is 5.97 Å². The molecule has 25 heavy (non-hydrogen) atoms. The lowest BCUT2D eigenvalue weighted by atomic mass is 9.94. The molecule has 0 amide bonds. The van der Waals surface area contributed by atoms with Gasteiger partial charge in [0.1, 0.15) is 21.2 Å². The summed E-state index contributed by atoms with van der Waals surface area (Å²) in [4.78, 5) is 11.7. The minimum Gasteiger partial charge on any atom is -0.466 e. The summed E-state index contributed by atoms with van der Waals surface area (Å²) in [5.74, 6) is -1.58. The normalized spacial score (nSPS) is 10.8. The Morgan fingerprint density at radius 2 is 1.72 bits per heavy atom. The van der Waals surface area contributed by atoms with Crippen LogP contribution in [0.2, 0.25) is 6.04 Å². The van der Waals surface area contributed by atoms with E-state index in [0.717, 1.165) is 23.1 Å². The first-order chi connectivity index (χ1) is 11.9. The maximum absolute atomic E-state index is 15.1. The maximum atomic E-state index is 15.1. The van der Waals surface area contributed by atoms with Gasteiger partial charge in [-0.15, -0.1) is 0 Å². The van der Waals surface area contributed by atoms with Crippen LogP contribution in [0.4, 0.5) is 8.78 Å². The lowest BCUT2D eigenvalue weighted by Crippen LogP contribution is -2.27. The van der Waals surface area contributed by atoms with E-state index >= 15 is 4.39 Å². The van der Waals surface area contributed by atoms with Crippen molar-refractivity contribution in [1.29, 1.82) is 0 Å². The molecule has 2 rings (SSSR count). The van der Waals surface area contributed by atoms with Gasteiger partial charge in [0.25, 0.3) is 0 Å². The van der Waals surface area contributed by atoms with Gasteiger partial charge in [-0.05, 0) is 55.5 Å². The minimum absolute atomic E-state index is 0.0104. The van der Waals surface area contributed by atoms with Crippen molar-refractivity contribution in [1.82, 2.24) is 0 Å². The lowest BCUT2D eigenvalue weighted by Gasteiger charge is -2.15. The molecule has 0 aromatic heterocycles. The Morgan fingerprint density at radius 3 is 2.32 bits per heavy atom. The van der Waals surface area contributed by atoms with Crippen LogP contribution < -0.4 is 5.19 Å². The van der Waals surface area contributed by atoms with Gasteiger partial charge in [-0.25, -0.2) is 8.78 Å². The summed E-state index contributed by atoms with van der Waals surface area (Å²) in [7, 11) is -0.300. The molecule has 0 aliphatic rings. The molecule has 0 aliphatic carbocycles. The van der Waals surface area contributed by atoms with Crippen molar-refractivity contribution in [3.8, 4) is 11.1 Å². The molecule has 0 heterocycles. The SMILES string of the molecule is CCCOC(=O)C[Si]c1c(F)c(C)cc(-c2c(C)cccc2C)c1F. The standard InChI is InChI=1S/C20H22F2O2Si/c1-5-9-24-16(23)11-25-20-18(21)14(4)10-15(19(20)22)17-12(2)7-6-8-13(17)3/h6-8,10H,5,9,11H2,1-4H3. The van der Waals surface area contributed by atoms with Gasteiger partial charge in [-0.2, -0.15) is 0 Å². The van der Waals surface area contributed by atoms with E-state index in [0.29, 0.717) is 17.7 Å². The van der Waals surface area contributed by atoms with E-state index in [1.807, 2.05) is 39.0 Å². The van der Waals surface area contributed by atoms with Crippen LogP contribution in [0.1, 0.15) is 30.0 Å². The highest BCUT2D eigenvalue weighted by Crippen LogP contribution is 2.30. The fourth-order valence-electron chi connectivity index (χ4n) is 2.78. The van der Waals surface area contributed by atoms with Gasteiger partial charge < -0.3 is 4.74 Å². The van der Waals surface area contributed by atoms with Crippen molar-refractivity contribution in [2.24, 2.45) is 0 Å². The zero-order chi connectivity index (χ0) is 18.6. The minimum atomic E-state index is -0.581.